The number of hydrogen-bond acceptors (Lipinski definition) is 2. The molecule has 0 saturated heterocycles. The molecule has 12 rings (SSSR count). The van der Waals surface area contributed by atoms with Crippen LogP contribution in [0.2, 0.25) is 0 Å². The molecule has 2 unspecified atom stereocenters. The molecule has 0 bridgehead atoms. The average molecular weight is 972 g/mol. The number of anilines is 3. The maximum atomic E-state index is 6.52. The largest absolute Gasteiger partial charge is 0.489 e. The fraction of sp³-hybridized carbons (Fsp3) is 0.178. The van der Waals surface area contributed by atoms with E-state index < -0.39 is 5.41 Å². The summed E-state index contributed by atoms with van der Waals surface area (Å²) in [6, 6.07) is 90.0. The molecule has 368 valence electrons. The molecule has 10 aromatic rings. The Kier molecular flexibility index (Phi) is 12.5. The van der Waals surface area contributed by atoms with Crippen molar-refractivity contribution in [3.05, 3.63) is 287 Å². The van der Waals surface area contributed by atoms with Gasteiger partial charge in [-0.25, -0.2) is 0 Å². The predicted octanol–water partition coefficient (Wildman–Crippen LogP) is 19.5. The highest BCUT2D eigenvalue weighted by Crippen LogP contribution is 2.57. The maximum Gasteiger partial charge on any atom is 0.119 e. The lowest BCUT2D eigenvalue weighted by Gasteiger charge is -2.34. The maximum absolute atomic E-state index is 6.52. The van der Waals surface area contributed by atoms with Crippen LogP contribution in [-0.2, 0) is 17.4 Å². The number of nitrogens with zero attached hydrogens (tertiary/aromatic N) is 1. The smallest absolute Gasteiger partial charge is 0.119 e. The van der Waals surface area contributed by atoms with E-state index in [1.165, 1.54) is 95.4 Å². The summed E-state index contributed by atoms with van der Waals surface area (Å²) < 4.78 is 6.52. The number of fused-ring (bicyclic) bond motifs is 6. The van der Waals surface area contributed by atoms with E-state index in [4.69, 9.17) is 4.74 Å². The third-order valence-electron chi connectivity index (χ3n) is 16.4. The summed E-state index contributed by atoms with van der Waals surface area (Å²) in [5, 5.41) is 0. The first-order valence-corrected chi connectivity index (χ1v) is 27.0. The molecule has 0 heterocycles. The van der Waals surface area contributed by atoms with Crippen molar-refractivity contribution in [3.63, 3.8) is 0 Å². The summed E-state index contributed by atoms with van der Waals surface area (Å²) >= 11 is 0. The van der Waals surface area contributed by atoms with Crippen molar-refractivity contribution >= 4 is 17.1 Å². The summed E-state index contributed by atoms with van der Waals surface area (Å²) in [6.07, 6.45) is 1.20. The Morgan fingerprint density at radius 2 is 0.893 bits per heavy atom. The van der Waals surface area contributed by atoms with Crippen LogP contribution in [0.4, 0.5) is 17.1 Å². The molecule has 0 fully saturated rings. The third-order valence-corrected chi connectivity index (χ3v) is 16.4. The summed E-state index contributed by atoms with van der Waals surface area (Å²) in [5.74, 6) is 2.69. The standard InChI is InChI=1S/C73H65NO/c1-49(2)45-67(50(3)4)55-27-25-51(26-28-55)48-75-62-41-34-58(35-42-62)73(57-19-11-8-12-20-57)69-24-16-14-22-64(69)66-43-33-56(46-71(66)73)54-31-38-60(39-32-54)74(59-36-29-53(30-37-59)52-17-9-7-10-18-52)61-40-44-65-63-21-13-15-23-68(63)72(5,6)70(65)47-61/h7-44,46-47,49-50,67H,45,48H2,1-6H3. The number of rotatable bonds is 14. The van der Waals surface area contributed by atoms with Crippen LogP contribution in [0, 0.1) is 11.8 Å². The zero-order valence-corrected chi connectivity index (χ0v) is 44.1. The lowest BCUT2D eigenvalue weighted by Crippen LogP contribution is -2.28. The number of ether oxygens (including phenoxy) is 1. The second kappa shape index (κ2) is 19.6. The summed E-state index contributed by atoms with van der Waals surface area (Å²) in [5.41, 5.74) is 23.0. The molecule has 2 nitrogen and oxygen atoms in total. The van der Waals surface area contributed by atoms with Crippen LogP contribution >= 0.6 is 0 Å². The molecular formula is C73H65NO. The van der Waals surface area contributed by atoms with Gasteiger partial charge in [-0.1, -0.05) is 230 Å². The van der Waals surface area contributed by atoms with Gasteiger partial charge < -0.3 is 9.64 Å². The fourth-order valence-electron chi connectivity index (χ4n) is 12.6. The molecule has 0 N–H and O–H groups in total. The molecule has 0 radical (unpaired) electrons. The van der Waals surface area contributed by atoms with Gasteiger partial charge in [0.15, 0.2) is 0 Å². The van der Waals surface area contributed by atoms with Crippen LogP contribution in [0.3, 0.4) is 0 Å². The Labute approximate surface area is 445 Å². The van der Waals surface area contributed by atoms with Crippen molar-refractivity contribution in [1.82, 2.24) is 0 Å². The van der Waals surface area contributed by atoms with Crippen LogP contribution in [0.25, 0.3) is 44.5 Å². The highest BCUT2D eigenvalue weighted by molar-refractivity contribution is 5.90. The minimum absolute atomic E-state index is 0.121. The highest BCUT2D eigenvalue weighted by atomic mass is 16.5. The van der Waals surface area contributed by atoms with Crippen molar-refractivity contribution in [3.8, 4) is 50.3 Å². The molecule has 2 heteroatoms. The minimum atomic E-state index is -0.551. The van der Waals surface area contributed by atoms with Crippen LogP contribution in [0.5, 0.6) is 5.75 Å². The lowest BCUT2D eigenvalue weighted by atomic mass is 9.67. The zero-order valence-electron chi connectivity index (χ0n) is 44.1. The Bertz CT molecular complexity index is 3630. The second-order valence-electron chi connectivity index (χ2n) is 22.2. The van der Waals surface area contributed by atoms with Gasteiger partial charge in [-0.3, -0.25) is 0 Å². The summed E-state index contributed by atoms with van der Waals surface area (Å²) in [4.78, 5) is 2.41. The average Bonchev–Trinajstić information content (AvgIpc) is 3.89. The van der Waals surface area contributed by atoms with Gasteiger partial charge in [0, 0.05) is 22.5 Å². The minimum Gasteiger partial charge on any atom is -0.489 e. The van der Waals surface area contributed by atoms with E-state index in [0.717, 1.165) is 22.8 Å². The first-order chi connectivity index (χ1) is 36.6. The normalized spacial score (nSPS) is 15.3. The molecule has 2 aliphatic rings. The van der Waals surface area contributed by atoms with E-state index in [1.54, 1.807) is 0 Å². The summed E-state index contributed by atoms with van der Waals surface area (Å²) in [7, 11) is 0. The van der Waals surface area contributed by atoms with E-state index in [1.807, 2.05) is 0 Å². The van der Waals surface area contributed by atoms with Crippen molar-refractivity contribution in [1.29, 1.82) is 0 Å². The van der Waals surface area contributed by atoms with Gasteiger partial charge in [0.1, 0.15) is 12.4 Å². The molecule has 75 heavy (non-hydrogen) atoms. The Morgan fingerprint density at radius 1 is 0.400 bits per heavy atom. The Hall–Kier alpha value is -8.20. The molecule has 0 aromatic heterocycles. The number of hydrogen-bond donors (Lipinski definition) is 0. The first kappa shape index (κ1) is 47.8. The van der Waals surface area contributed by atoms with Gasteiger partial charge in [0.2, 0.25) is 0 Å². The predicted molar refractivity (Wildman–Crippen MR) is 315 cm³/mol. The molecule has 0 spiro atoms. The van der Waals surface area contributed by atoms with Crippen molar-refractivity contribution in [2.45, 2.75) is 71.3 Å². The van der Waals surface area contributed by atoms with Crippen LogP contribution in [0.1, 0.15) is 98.4 Å². The number of benzene rings is 10. The monoisotopic (exact) mass is 972 g/mol. The van der Waals surface area contributed by atoms with Gasteiger partial charge in [0.05, 0.1) is 5.41 Å². The van der Waals surface area contributed by atoms with Crippen LogP contribution < -0.4 is 9.64 Å². The SMILES string of the molecule is CC(C)CC(c1ccc(COc2ccc(C3(c4ccccc4)c4ccccc4-c4ccc(-c5ccc(N(c6ccc(-c7ccccc7)cc6)c6ccc7c(c6)C(C)(C)c6ccccc6-7)cc5)cc43)cc2)cc1)C(C)C. The van der Waals surface area contributed by atoms with Crippen LogP contribution in [0.15, 0.2) is 243 Å². The Balaban J connectivity index is 0.896. The van der Waals surface area contributed by atoms with E-state index in [-0.39, 0.29) is 5.41 Å². The van der Waals surface area contributed by atoms with E-state index >= 15 is 0 Å². The molecular weight excluding hydrogens is 907 g/mol. The second-order valence-corrected chi connectivity index (χ2v) is 22.2. The van der Waals surface area contributed by atoms with Crippen molar-refractivity contribution in [2.75, 3.05) is 4.90 Å². The van der Waals surface area contributed by atoms with E-state index in [2.05, 4.69) is 289 Å². The molecule has 10 aromatic carbocycles. The van der Waals surface area contributed by atoms with Crippen molar-refractivity contribution in [2.24, 2.45) is 11.8 Å². The fourth-order valence-corrected chi connectivity index (χ4v) is 12.6. The molecule has 2 aliphatic carbocycles. The molecule has 2 atom stereocenters. The van der Waals surface area contributed by atoms with E-state index in [0.29, 0.717) is 24.4 Å². The molecule has 0 aliphatic heterocycles. The van der Waals surface area contributed by atoms with Gasteiger partial charge in [-0.2, -0.15) is 0 Å². The lowest BCUT2D eigenvalue weighted by molar-refractivity contribution is 0.306. The first-order valence-electron chi connectivity index (χ1n) is 27.0. The molecule has 0 saturated carbocycles. The third kappa shape index (κ3) is 8.57. The van der Waals surface area contributed by atoms with E-state index in [9.17, 15) is 0 Å². The quantitative estimate of drug-likeness (QED) is 0.108. The topological polar surface area (TPSA) is 12.5 Å². The molecule has 0 amide bonds. The Morgan fingerprint density at radius 3 is 1.53 bits per heavy atom. The van der Waals surface area contributed by atoms with Crippen molar-refractivity contribution < 1.29 is 4.74 Å². The van der Waals surface area contributed by atoms with Gasteiger partial charge >= 0.3 is 0 Å². The summed E-state index contributed by atoms with van der Waals surface area (Å²) in [6.45, 7) is 14.6. The van der Waals surface area contributed by atoms with Gasteiger partial charge in [0.25, 0.3) is 0 Å². The highest BCUT2D eigenvalue weighted by Gasteiger charge is 2.46. The van der Waals surface area contributed by atoms with Gasteiger partial charge in [-0.15, -0.1) is 0 Å². The van der Waals surface area contributed by atoms with Crippen LogP contribution in [-0.4, -0.2) is 0 Å². The zero-order chi connectivity index (χ0) is 51.3. The van der Waals surface area contributed by atoms with Gasteiger partial charge in [-0.05, 0) is 168 Å².